The predicted molar refractivity (Wildman–Crippen MR) is 62.3 cm³/mol. The van der Waals surface area contributed by atoms with Gasteiger partial charge in [-0.05, 0) is 19.1 Å². The molecular formula is C9H13Cl2N3. The van der Waals surface area contributed by atoms with E-state index in [-0.39, 0.29) is 30.9 Å². The van der Waals surface area contributed by atoms with Crippen LogP contribution in [0.2, 0.25) is 0 Å². The third kappa shape index (κ3) is 2.18. The third-order valence-electron chi connectivity index (χ3n) is 1.91. The summed E-state index contributed by atoms with van der Waals surface area (Å²) < 4.78 is 2.00. The first kappa shape index (κ1) is 13.2. The highest BCUT2D eigenvalue weighted by Gasteiger charge is 2.04. The number of nitrogens with zero attached hydrogens (tertiary/aromatic N) is 2. The van der Waals surface area contributed by atoms with E-state index in [4.69, 9.17) is 5.73 Å². The third-order valence-corrected chi connectivity index (χ3v) is 1.91. The molecule has 78 valence electrons. The summed E-state index contributed by atoms with van der Waals surface area (Å²) in [6.07, 6.45) is 3.79. The van der Waals surface area contributed by atoms with E-state index in [0.29, 0.717) is 0 Å². The molecule has 3 nitrogen and oxygen atoms in total. The fraction of sp³-hybridized carbons (Fsp3) is 0.222. The highest BCUT2D eigenvalue weighted by Crippen LogP contribution is 2.11. The summed E-state index contributed by atoms with van der Waals surface area (Å²) in [5.41, 5.74) is 7.76. The molecule has 0 saturated carbocycles. The van der Waals surface area contributed by atoms with E-state index in [1.165, 1.54) is 0 Å². The van der Waals surface area contributed by atoms with Crippen LogP contribution < -0.4 is 5.73 Å². The molecule has 0 aromatic carbocycles. The van der Waals surface area contributed by atoms with Crippen LogP contribution in [0.5, 0.6) is 0 Å². The van der Waals surface area contributed by atoms with Crippen molar-refractivity contribution in [2.75, 3.05) is 0 Å². The van der Waals surface area contributed by atoms with E-state index in [0.717, 1.165) is 11.3 Å². The Morgan fingerprint density at radius 1 is 1.36 bits per heavy atom. The molecule has 1 atom stereocenters. The fourth-order valence-electron chi connectivity index (χ4n) is 1.29. The largest absolute Gasteiger partial charge is 0.323 e. The van der Waals surface area contributed by atoms with Crippen molar-refractivity contribution in [3.63, 3.8) is 0 Å². The van der Waals surface area contributed by atoms with Crippen LogP contribution in [0.1, 0.15) is 18.7 Å². The first-order valence-electron chi connectivity index (χ1n) is 3.96. The van der Waals surface area contributed by atoms with Crippen LogP contribution >= 0.6 is 24.8 Å². The number of pyridine rings is 1. The van der Waals surface area contributed by atoms with Gasteiger partial charge < -0.3 is 10.1 Å². The Morgan fingerprint density at radius 3 is 2.71 bits per heavy atom. The van der Waals surface area contributed by atoms with Gasteiger partial charge in [0.1, 0.15) is 5.65 Å². The molecule has 2 heterocycles. The number of rotatable bonds is 1. The molecule has 0 radical (unpaired) electrons. The van der Waals surface area contributed by atoms with Gasteiger partial charge in [0, 0.05) is 12.2 Å². The van der Waals surface area contributed by atoms with E-state index in [1.54, 1.807) is 0 Å². The van der Waals surface area contributed by atoms with Crippen molar-refractivity contribution in [3.05, 3.63) is 36.3 Å². The Morgan fingerprint density at radius 2 is 2.07 bits per heavy atom. The lowest BCUT2D eigenvalue weighted by atomic mass is 10.3. The zero-order valence-electron chi connectivity index (χ0n) is 7.75. The van der Waals surface area contributed by atoms with Gasteiger partial charge in [0.05, 0.1) is 11.9 Å². The summed E-state index contributed by atoms with van der Waals surface area (Å²) in [4.78, 5) is 4.22. The van der Waals surface area contributed by atoms with Gasteiger partial charge in [-0.25, -0.2) is 4.98 Å². The molecule has 0 saturated heterocycles. The van der Waals surface area contributed by atoms with Crippen LogP contribution in [0.15, 0.2) is 30.6 Å². The number of hydrogen-bond donors (Lipinski definition) is 1. The monoisotopic (exact) mass is 233 g/mol. The van der Waals surface area contributed by atoms with E-state index < -0.39 is 0 Å². The highest BCUT2D eigenvalue weighted by atomic mass is 35.5. The Labute approximate surface area is 95.1 Å². The molecular weight excluding hydrogens is 221 g/mol. The Balaban J connectivity index is 0.000000845. The Hall–Kier alpha value is -0.770. The van der Waals surface area contributed by atoms with Crippen molar-refractivity contribution in [1.29, 1.82) is 0 Å². The molecule has 0 aliphatic rings. The van der Waals surface area contributed by atoms with Gasteiger partial charge in [-0.1, -0.05) is 6.07 Å². The smallest absolute Gasteiger partial charge is 0.136 e. The van der Waals surface area contributed by atoms with Crippen molar-refractivity contribution in [2.24, 2.45) is 5.73 Å². The van der Waals surface area contributed by atoms with Gasteiger partial charge in [-0.2, -0.15) is 0 Å². The van der Waals surface area contributed by atoms with Gasteiger partial charge in [-0.3, -0.25) is 0 Å². The van der Waals surface area contributed by atoms with E-state index in [1.807, 2.05) is 41.9 Å². The lowest BCUT2D eigenvalue weighted by Gasteiger charge is -2.03. The van der Waals surface area contributed by atoms with Crippen LogP contribution in [0.4, 0.5) is 0 Å². The number of fused-ring (bicyclic) bond motifs is 1. The quantitative estimate of drug-likeness (QED) is 0.821. The molecule has 14 heavy (non-hydrogen) atoms. The minimum Gasteiger partial charge on any atom is -0.323 e. The summed E-state index contributed by atoms with van der Waals surface area (Å²) in [6, 6.07) is 5.93. The van der Waals surface area contributed by atoms with E-state index in [2.05, 4.69) is 4.98 Å². The zero-order chi connectivity index (χ0) is 8.55. The minimum absolute atomic E-state index is 0. The topological polar surface area (TPSA) is 43.3 Å². The maximum atomic E-state index is 5.76. The van der Waals surface area contributed by atoms with Gasteiger partial charge >= 0.3 is 0 Å². The van der Waals surface area contributed by atoms with Crippen molar-refractivity contribution < 1.29 is 0 Å². The Bertz CT molecular complexity index is 398. The van der Waals surface area contributed by atoms with Gasteiger partial charge in [0.15, 0.2) is 0 Å². The summed E-state index contributed by atoms with van der Waals surface area (Å²) in [6.45, 7) is 1.95. The molecule has 2 rings (SSSR count). The average Bonchev–Trinajstić information content (AvgIpc) is 2.47. The molecule has 2 N–H and O–H groups in total. The molecule has 0 unspecified atom stereocenters. The number of halogens is 2. The van der Waals surface area contributed by atoms with Crippen LogP contribution in [0.25, 0.3) is 5.65 Å². The van der Waals surface area contributed by atoms with Gasteiger partial charge in [0.25, 0.3) is 0 Å². The SMILES string of the molecule is C[C@@H](N)c1cnc2ccccn12.Cl.Cl. The highest BCUT2D eigenvalue weighted by molar-refractivity contribution is 5.85. The van der Waals surface area contributed by atoms with Crippen LogP contribution in [0.3, 0.4) is 0 Å². The molecule has 0 fully saturated rings. The molecule has 0 amide bonds. The maximum absolute atomic E-state index is 5.76. The van der Waals surface area contributed by atoms with Gasteiger partial charge in [-0.15, -0.1) is 24.8 Å². The zero-order valence-corrected chi connectivity index (χ0v) is 9.39. The van der Waals surface area contributed by atoms with Crippen molar-refractivity contribution in [1.82, 2.24) is 9.38 Å². The number of aromatic nitrogens is 2. The first-order valence-corrected chi connectivity index (χ1v) is 3.96. The predicted octanol–water partition coefficient (Wildman–Crippen LogP) is 2.20. The fourth-order valence-corrected chi connectivity index (χ4v) is 1.29. The standard InChI is InChI=1S/C9H11N3.2ClH/c1-7(10)8-6-11-9-4-2-3-5-12(8)9;;/h2-7H,10H2,1H3;2*1H/t7-;;/m1../s1. The second-order valence-corrected chi connectivity index (χ2v) is 2.90. The Kier molecular flexibility index (Phi) is 4.91. The van der Waals surface area contributed by atoms with Gasteiger partial charge in [0.2, 0.25) is 0 Å². The summed E-state index contributed by atoms with van der Waals surface area (Å²) in [7, 11) is 0. The van der Waals surface area contributed by atoms with E-state index >= 15 is 0 Å². The first-order chi connectivity index (χ1) is 5.79. The molecule has 2 aromatic heterocycles. The second-order valence-electron chi connectivity index (χ2n) is 2.90. The van der Waals surface area contributed by atoms with Crippen molar-refractivity contribution >= 4 is 30.5 Å². The van der Waals surface area contributed by atoms with Crippen LogP contribution in [0, 0.1) is 0 Å². The molecule has 5 heteroatoms. The summed E-state index contributed by atoms with van der Waals surface area (Å²) in [5.74, 6) is 0. The van der Waals surface area contributed by atoms with Crippen molar-refractivity contribution in [3.8, 4) is 0 Å². The van der Waals surface area contributed by atoms with E-state index in [9.17, 15) is 0 Å². The van der Waals surface area contributed by atoms with Crippen molar-refractivity contribution in [2.45, 2.75) is 13.0 Å². The van der Waals surface area contributed by atoms with Crippen LogP contribution in [-0.4, -0.2) is 9.38 Å². The molecule has 2 aromatic rings. The minimum atomic E-state index is 0. The summed E-state index contributed by atoms with van der Waals surface area (Å²) in [5, 5.41) is 0. The average molecular weight is 234 g/mol. The molecule has 0 aliphatic heterocycles. The molecule has 0 spiro atoms. The number of imidazole rings is 1. The maximum Gasteiger partial charge on any atom is 0.136 e. The molecule has 0 bridgehead atoms. The lowest BCUT2D eigenvalue weighted by molar-refractivity contribution is 0.769. The number of hydrogen-bond acceptors (Lipinski definition) is 2. The molecule has 0 aliphatic carbocycles. The van der Waals surface area contributed by atoms with Crippen LogP contribution in [-0.2, 0) is 0 Å². The number of nitrogens with two attached hydrogens (primary N) is 1. The summed E-state index contributed by atoms with van der Waals surface area (Å²) >= 11 is 0. The second kappa shape index (κ2) is 5.20. The lowest BCUT2D eigenvalue weighted by Crippen LogP contribution is -2.07. The normalized spacial score (nSPS) is 11.6.